The lowest BCUT2D eigenvalue weighted by Crippen LogP contribution is -2.20. The van der Waals surface area contributed by atoms with Gasteiger partial charge in [0.15, 0.2) is 5.11 Å². The van der Waals surface area contributed by atoms with E-state index in [1.807, 2.05) is 45.0 Å². The molecule has 2 aromatic carbocycles. The third-order valence-electron chi connectivity index (χ3n) is 3.53. The molecule has 0 bridgehead atoms. The van der Waals surface area contributed by atoms with Crippen LogP contribution in [-0.4, -0.2) is 13.5 Å². The highest BCUT2D eigenvalue weighted by atomic mass is 32.2. The van der Waals surface area contributed by atoms with Crippen LogP contribution in [0.25, 0.3) is 0 Å². The lowest BCUT2D eigenvalue weighted by Gasteiger charge is -2.15. The maximum absolute atomic E-state index is 11.6. The van der Waals surface area contributed by atoms with E-state index in [2.05, 4.69) is 10.6 Å². The minimum atomic E-state index is -3.77. The molecule has 0 aliphatic heterocycles. The molecule has 0 unspecified atom stereocenters. The van der Waals surface area contributed by atoms with Crippen LogP contribution >= 0.6 is 12.2 Å². The summed E-state index contributed by atoms with van der Waals surface area (Å²) in [5.41, 5.74) is 4.34. The van der Waals surface area contributed by atoms with Gasteiger partial charge < -0.3 is 10.6 Å². The zero-order chi connectivity index (χ0) is 17.2. The monoisotopic (exact) mass is 349 g/mol. The SMILES string of the molecule is Cc1ccc(NC(=S)Nc2cc(S(N)(=O)=O)cc(C)c2C)cc1. The van der Waals surface area contributed by atoms with Crippen molar-refractivity contribution in [3.63, 3.8) is 0 Å². The van der Waals surface area contributed by atoms with Crippen LogP contribution < -0.4 is 15.8 Å². The normalized spacial score (nSPS) is 11.1. The van der Waals surface area contributed by atoms with Crippen LogP contribution in [-0.2, 0) is 10.0 Å². The van der Waals surface area contributed by atoms with Gasteiger partial charge in [0.1, 0.15) is 0 Å². The largest absolute Gasteiger partial charge is 0.332 e. The number of primary sulfonamides is 1. The molecule has 7 heteroatoms. The van der Waals surface area contributed by atoms with E-state index in [0.29, 0.717) is 10.8 Å². The summed E-state index contributed by atoms with van der Waals surface area (Å²) in [6, 6.07) is 10.8. The first-order valence-corrected chi connectivity index (χ1v) is 8.91. The highest BCUT2D eigenvalue weighted by molar-refractivity contribution is 7.89. The molecule has 0 atom stereocenters. The van der Waals surface area contributed by atoms with Crippen LogP contribution in [0.2, 0.25) is 0 Å². The molecule has 2 aromatic rings. The molecule has 0 amide bonds. The molecule has 5 nitrogen and oxygen atoms in total. The van der Waals surface area contributed by atoms with Crippen molar-refractivity contribution in [3.8, 4) is 0 Å². The molecule has 0 aliphatic carbocycles. The summed E-state index contributed by atoms with van der Waals surface area (Å²) in [5, 5.41) is 11.7. The summed E-state index contributed by atoms with van der Waals surface area (Å²) >= 11 is 5.29. The van der Waals surface area contributed by atoms with E-state index >= 15 is 0 Å². The average Bonchev–Trinajstić information content (AvgIpc) is 2.45. The fourth-order valence-corrected chi connectivity index (χ4v) is 2.89. The third kappa shape index (κ3) is 4.51. The first kappa shape index (κ1) is 17.4. The van der Waals surface area contributed by atoms with Gasteiger partial charge in [-0.05, 0) is 68.4 Å². The smallest absolute Gasteiger partial charge is 0.238 e. The fourth-order valence-electron chi connectivity index (χ4n) is 2.04. The topological polar surface area (TPSA) is 84.2 Å². The molecular weight excluding hydrogens is 330 g/mol. The summed E-state index contributed by atoms with van der Waals surface area (Å²) < 4.78 is 23.1. The number of nitrogens with two attached hydrogens (primary N) is 1. The fraction of sp³-hybridized carbons (Fsp3) is 0.188. The second-order valence-electron chi connectivity index (χ2n) is 5.40. The van der Waals surface area contributed by atoms with Gasteiger partial charge in [-0.15, -0.1) is 0 Å². The van der Waals surface area contributed by atoms with Crippen molar-refractivity contribution in [1.29, 1.82) is 0 Å². The lowest BCUT2D eigenvalue weighted by atomic mass is 10.1. The van der Waals surface area contributed by atoms with Gasteiger partial charge >= 0.3 is 0 Å². The van der Waals surface area contributed by atoms with E-state index in [1.54, 1.807) is 6.07 Å². The number of hydrogen-bond acceptors (Lipinski definition) is 3. The van der Waals surface area contributed by atoms with Crippen molar-refractivity contribution in [2.24, 2.45) is 5.14 Å². The molecule has 23 heavy (non-hydrogen) atoms. The summed E-state index contributed by atoms with van der Waals surface area (Å²) in [5.74, 6) is 0. The highest BCUT2D eigenvalue weighted by Gasteiger charge is 2.13. The Morgan fingerprint density at radius 3 is 2.22 bits per heavy atom. The standard InChI is InChI=1S/C16H19N3O2S2/c1-10-4-6-13(7-5-10)18-16(22)19-15-9-14(23(17,20)21)8-11(2)12(15)3/h4-9H,1-3H3,(H2,17,20,21)(H2,18,19,22). The van der Waals surface area contributed by atoms with Crippen molar-refractivity contribution in [2.75, 3.05) is 10.6 Å². The lowest BCUT2D eigenvalue weighted by molar-refractivity contribution is 0.597. The van der Waals surface area contributed by atoms with Crippen LogP contribution in [0.5, 0.6) is 0 Å². The van der Waals surface area contributed by atoms with Crippen molar-refractivity contribution in [2.45, 2.75) is 25.7 Å². The predicted molar refractivity (Wildman–Crippen MR) is 98.3 cm³/mol. The van der Waals surface area contributed by atoms with Crippen LogP contribution in [0.4, 0.5) is 11.4 Å². The molecule has 0 saturated carbocycles. The molecule has 0 aliphatic rings. The van der Waals surface area contributed by atoms with Gasteiger partial charge in [0, 0.05) is 11.4 Å². The number of anilines is 2. The van der Waals surface area contributed by atoms with E-state index in [9.17, 15) is 8.42 Å². The highest BCUT2D eigenvalue weighted by Crippen LogP contribution is 2.23. The predicted octanol–water partition coefficient (Wildman–Crippen LogP) is 3.07. The molecule has 4 N–H and O–H groups in total. The van der Waals surface area contributed by atoms with Gasteiger partial charge in [0.2, 0.25) is 10.0 Å². The molecule has 0 aromatic heterocycles. The second kappa shape index (κ2) is 6.66. The number of benzene rings is 2. The Bertz CT molecular complexity index is 844. The van der Waals surface area contributed by atoms with E-state index in [4.69, 9.17) is 17.4 Å². The van der Waals surface area contributed by atoms with E-state index in [0.717, 1.165) is 22.4 Å². The van der Waals surface area contributed by atoms with Crippen molar-refractivity contribution < 1.29 is 8.42 Å². The van der Waals surface area contributed by atoms with Crippen LogP contribution in [0, 0.1) is 20.8 Å². The number of sulfonamides is 1. The molecule has 0 saturated heterocycles. The van der Waals surface area contributed by atoms with E-state index in [1.165, 1.54) is 6.07 Å². The summed E-state index contributed by atoms with van der Waals surface area (Å²) in [4.78, 5) is 0.0567. The molecule has 0 radical (unpaired) electrons. The summed E-state index contributed by atoms with van der Waals surface area (Å²) in [6.07, 6.45) is 0. The van der Waals surface area contributed by atoms with Gasteiger partial charge in [-0.1, -0.05) is 17.7 Å². The van der Waals surface area contributed by atoms with Gasteiger partial charge in [0.25, 0.3) is 0 Å². The maximum atomic E-state index is 11.6. The average molecular weight is 349 g/mol. The Balaban J connectivity index is 2.23. The van der Waals surface area contributed by atoms with Gasteiger partial charge in [-0.3, -0.25) is 0 Å². The van der Waals surface area contributed by atoms with Crippen LogP contribution in [0.15, 0.2) is 41.3 Å². The second-order valence-corrected chi connectivity index (χ2v) is 7.37. The number of thiocarbonyl (C=S) groups is 1. The number of rotatable bonds is 3. The molecule has 0 fully saturated rings. The minimum absolute atomic E-state index is 0.0567. The third-order valence-corrected chi connectivity index (χ3v) is 4.62. The quantitative estimate of drug-likeness (QED) is 0.742. The van der Waals surface area contributed by atoms with Crippen LogP contribution in [0.3, 0.4) is 0 Å². The van der Waals surface area contributed by atoms with Gasteiger partial charge in [0.05, 0.1) is 4.90 Å². The Morgan fingerprint density at radius 1 is 1.04 bits per heavy atom. The zero-order valence-corrected chi connectivity index (χ0v) is 14.8. The number of nitrogens with one attached hydrogen (secondary N) is 2. The molecule has 0 spiro atoms. The van der Waals surface area contributed by atoms with Gasteiger partial charge in [-0.25, -0.2) is 13.6 Å². The molecule has 122 valence electrons. The first-order valence-electron chi connectivity index (χ1n) is 6.95. The Labute approximate surface area is 142 Å². The zero-order valence-electron chi connectivity index (χ0n) is 13.2. The summed E-state index contributed by atoms with van der Waals surface area (Å²) in [7, 11) is -3.77. The van der Waals surface area contributed by atoms with Crippen molar-refractivity contribution in [3.05, 3.63) is 53.1 Å². The Morgan fingerprint density at radius 2 is 1.65 bits per heavy atom. The number of hydrogen-bond donors (Lipinski definition) is 3. The minimum Gasteiger partial charge on any atom is -0.332 e. The van der Waals surface area contributed by atoms with Crippen molar-refractivity contribution in [1.82, 2.24) is 0 Å². The first-order chi connectivity index (χ1) is 10.7. The maximum Gasteiger partial charge on any atom is 0.238 e. The molecule has 0 heterocycles. The summed E-state index contributed by atoms with van der Waals surface area (Å²) in [6.45, 7) is 5.72. The number of aryl methyl sites for hydroxylation is 2. The Kier molecular flexibility index (Phi) is 5.03. The van der Waals surface area contributed by atoms with E-state index in [-0.39, 0.29) is 4.90 Å². The Hall–Kier alpha value is -1.96. The van der Waals surface area contributed by atoms with Crippen molar-refractivity contribution >= 4 is 38.7 Å². The van der Waals surface area contributed by atoms with Crippen LogP contribution in [0.1, 0.15) is 16.7 Å². The molecular formula is C16H19N3O2S2. The van der Waals surface area contributed by atoms with Gasteiger partial charge in [-0.2, -0.15) is 0 Å². The molecule has 2 rings (SSSR count). The van der Waals surface area contributed by atoms with E-state index < -0.39 is 10.0 Å².